The fraction of sp³-hybridized carbons (Fsp3) is 0.579. The van der Waals surface area contributed by atoms with Gasteiger partial charge >= 0.3 is 6.18 Å². The lowest BCUT2D eigenvalue weighted by atomic mass is 10.1. The molecule has 1 aromatic rings. The Hall–Kier alpha value is -2.09. The molecule has 27 heavy (non-hydrogen) atoms. The number of likely N-dealkylation sites (tertiary alicyclic amines) is 1. The van der Waals surface area contributed by atoms with E-state index in [0.717, 1.165) is 6.42 Å². The highest BCUT2D eigenvalue weighted by Crippen LogP contribution is 2.23. The number of halogens is 3. The van der Waals surface area contributed by atoms with E-state index in [4.69, 9.17) is 0 Å². The minimum absolute atomic E-state index is 0.148. The van der Waals surface area contributed by atoms with Gasteiger partial charge in [-0.3, -0.25) is 14.5 Å². The summed E-state index contributed by atoms with van der Waals surface area (Å²) in [4.78, 5) is 30.3. The molecule has 2 fully saturated rings. The molecule has 0 spiro atoms. The molecule has 3 rings (SSSR count). The first-order valence-corrected chi connectivity index (χ1v) is 9.29. The standard InChI is InChI=1S/C19H24F3N3O2/c20-19(21,22)14-23-9-5-10-24(13-12-23)18(27)16-8-4-11-25(16)17(26)15-6-2-1-3-7-15/h1-3,6-7,16H,4-5,8-14H2. The van der Waals surface area contributed by atoms with E-state index in [0.29, 0.717) is 38.0 Å². The fourth-order valence-corrected chi connectivity index (χ4v) is 3.83. The summed E-state index contributed by atoms with van der Waals surface area (Å²) in [5.74, 6) is -0.314. The summed E-state index contributed by atoms with van der Waals surface area (Å²) >= 11 is 0. The molecule has 1 unspecified atom stereocenters. The van der Waals surface area contributed by atoms with Gasteiger partial charge in [0, 0.05) is 38.3 Å². The lowest BCUT2D eigenvalue weighted by Crippen LogP contribution is -2.49. The summed E-state index contributed by atoms with van der Waals surface area (Å²) in [5, 5.41) is 0. The molecular formula is C19H24F3N3O2. The number of amides is 2. The quantitative estimate of drug-likeness (QED) is 0.805. The Kier molecular flexibility index (Phi) is 6.04. The molecule has 0 aromatic heterocycles. The lowest BCUT2D eigenvalue weighted by Gasteiger charge is -2.30. The Balaban J connectivity index is 1.63. The van der Waals surface area contributed by atoms with Crippen LogP contribution in [0.1, 0.15) is 29.6 Å². The molecule has 2 aliphatic rings. The van der Waals surface area contributed by atoms with Crippen molar-refractivity contribution in [2.45, 2.75) is 31.5 Å². The zero-order chi connectivity index (χ0) is 19.4. The Labute approximate surface area is 156 Å². The van der Waals surface area contributed by atoms with Crippen LogP contribution in [-0.2, 0) is 4.79 Å². The van der Waals surface area contributed by atoms with E-state index in [9.17, 15) is 22.8 Å². The second-order valence-corrected chi connectivity index (χ2v) is 7.09. The molecule has 2 saturated heterocycles. The van der Waals surface area contributed by atoms with Gasteiger partial charge in [0.05, 0.1) is 6.54 Å². The molecule has 8 heteroatoms. The molecule has 1 atom stereocenters. The molecule has 2 amide bonds. The van der Waals surface area contributed by atoms with Crippen molar-refractivity contribution >= 4 is 11.8 Å². The third kappa shape index (κ3) is 5.00. The topological polar surface area (TPSA) is 43.9 Å². The molecule has 0 radical (unpaired) electrons. The van der Waals surface area contributed by atoms with Crippen molar-refractivity contribution in [2.24, 2.45) is 0 Å². The second-order valence-electron chi connectivity index (χ2n) is 7.09. The van der Waals surface area contributed by atoms with Crippen LogP contribution in [0.3, 0.4) is 0 Å². The Morgan fingerprint density at radius 1 is 0.963 bits per heavy atom. The maximum atomic E-state index is 13.0. The van der Waals surface area contributed by atoms with Gasteiger partial charge in [0.25, 0.3) is 5.91 Å². The van der Waals surface area contributed by atoms with Crippen molar-refractivity contribution in [2.75, 3.05) is 39.3 Å². The molecule has 0 bridgehead atoms. The fourth-order valence-electron chi connectivity index (χ4n) is 3.83. The number of hydrogen-bond acceptors (Lipinski definition) is 3. The van der Waals surface area contributed by atoms with Gasteiger partial charge in [-0.15, -0.1) is 0 Å². The van der Waals surface area contributed by atoms with Gasteiger partial charge in [0.1, 0.15) is 6.04 Å². The largest absolute Gasteiger partial charge is 0.401 e. The third-order valence-electron chi connectivity index (χ3n) is 5.12. The molecule has 0 aliphatic carbocycles. The van der Waals surface area contributed by atoms with Gasteiger partial charge in [-0.05, 0) is 31.4 Å². The van der Waals surface area contributed by atoms with Crippen molar-refractivity contribution in [1.29, 1.82) is 0 Å². The summed E-state index contributed by atoms with van der Waals surface area (Å²) < 4.78 is 37.8. The molecule has 148 valence electrons. The number of nitrogens with zero attached hydrogens (tertiary/aromatic N) is 3. The predicted octanol–water partition coefficient (Wildman–Crippen LogP) is 2.39. The van der Waals surface area contributed by atoms with Crippen LogP contribution in [0.4, 0.5) is 13.2 Å². The van der Waals surface area contributed by atoms with Gasteiger partial charge < -0.3 is 9.80 Å². The second kappa shape index (κ2) is 8.29. The summed E-state index contributed by atoms with van der Waals surface area (Å²) in [7, 11) is 0. The van der Waals surface area contributed by atoms with Crippen LogP contribution >= 0.6 is 0 Å². The van der Waals surface area contributed by atoms with Crippen molar-refractivity contribution in [3.05, 3.63) is 35.9 Å². The Bertz CT molecular complexity index is 666. The van der Waals surface area contributed by atoms with E-state index in [1.54, 1.807) is 34.1 Å². The number of carbonyl (C=O) groups is 2. The predicted molar refractivity (Wildman–Crippen MR) is 94.2 cm³/mol. The van der Waals surface area contributed by atoms with E-state index in [2.05, 4.69) is 0 Å². The zero-order valence-corrected chi connectivity index (χ0v) is 15.1. The number of rotatable bonds is 3. The Morgan fingerprint density at radius 3 is 2.41 bits per heavy atom. The van der Waals surface area contributed by atoms with Crippen LogP contribution in [0.25, 0.3) is 0 Å². The average Bonchev–Trinajstić information content (AvgIpc) is 3.01. The van der Waals surface area contributed by atoms with Crippen LogP contribution in [0, 0.1) is 0 Å². The lowest BCUT2D eigenvalue weighted by molar-refractivity contribution is -0.145. The SMILES string of the molecule is O=C(C1CCCN1C(=O)c1ccccc1)N1CCCN(CC(F)(F)F)CC1. The number of benzene rings is 1. The van der Waals surface area contributed by atoms with Crippen molar-refractivity contribution in [3.8, 4) is 0 Å². The van der Waals surface area contributed by atoms with E-state index in [1.807, 2.05) is 6.07 Å². The number of alkyl halides is 3. The molecule has 5 nitrogen and oxygen atoms in total. The first kappa shape index (κ1) is 19.7. The highest BCUT2D eigenvalue weighted by Gasteiger charge is 2.38. The van der Waals surface area contributed by atoms with E-state index >= 15 is 0 Å². The van der Waals surface area contributed by atoms with Gasteiger partial charge in [-0.1, -0.05) is 18.2 Å². The summed E-state index contributed by atoms with van der Waals surface area (Å²) in [6, 6.07) is 8.32. The molecular weight excluding hydrogens is 359 g/mol. The van der Waals surface area contributed by atoms with Gasteiger partial charge in [0.15, 0.2) is 0 Å². The first-order chi connectivity index (χ1) is 12.8. The minimum Gasteiger partial charge on any atom is -0.340 e. The normalized spacial score (nSPS) is 22.0. The van der Waals surface area contributed by atoms with Gasteiger partial charge in [0.2, 0.25) is 5.91 Å². The van der Waals surface area contributed by atoms with Crippen molar-refractivity contribution < 1.29 is 22.8 Å². The van der Waals surface area contributed by atoms with Crippen LogP contribution < -0.4 is 0 Å². The zero-order valence-electron chi connectivity index (χ0n) is 15.1. The molecule has 0 saturated carbocycles. The third-order valence-corrected chi connectivity index (χ3v) is 5.12. The highest BCUT2D eigenvalue weighted by molar-refractivity contribution is 5.97. The van der Waals surface area contributed by atoms with Crippen LogP contribution in [0.2, 0.25) is 0 Å². The smallest absolute Gasteiger partial charge is 0.340 e. The average molecular weight is 383 g/mol. The monoisotopic (exact) mass is 383 g/mol. The van der Waals surface area contributed by atoms with Crippen LogP contribution in [0.5, 0.6) is 0 Å². The van der Waals surface area contributed by atoms with Gasteiger partial charge in [-0.2, -0.15) is 13.2 Å². The van der Waals surface area contributed by atoms with Crippen molar-refractivity contribution in [3.63, 3.8) is 0 Å². The minimum atomic E-state index is -4.23. The maximum Gasteiger partial charge on any atom is 0.401 e. The summed E-state index contributed by atoms with van der Waals surface area (Å²) in [6.45, 7) is 0.788. The Morgan fingerprint density at radius 2 is 1.70 bits per heavy atom. The van der Waals surface area contributed by atoms with Gasteiger partial charge in [-0.25, -0.2) is 0 Å². The van der Waals surface area contributed by atoms with Crippen molar-refractivity contribution in [1.82, 2.24) is 14.7 Å². The summed E-state index contributed by atoms with van der Waals surface area (Å²) in [5.41, 5.74) is 0.546. The highest BCUT2D eigenvalue weighted by atomic mass is 19.4. The maximum absolute atomic E-state index is 13.0. The van der Waals surface area contributed by atoms with E-state index in [1.165, 1.54) is 4.90 Å². The molecule has 2 aliphatic heterocycles. The van der Waals surface area contributed by atoms with E-state index < -0.39 is 18.8 Å². The number of hydrogen-bond donors (Lipinski definition) is 0. The first-order valence-electron chi connectivity index (χ1n) is 9.29. The molecule has 1 aromatic carbocycles. The summed E-state index contributed by atoms with van der Waals surface area (Å²) in [6.07, 6.45) is -2.38. The number of carbonyl (C=O) groups excluding carboxylic acids is 2. The molecule has 0 N–H and O–H groups in total. The van der Waals surface area contributed by atoms with Crippen LogP contribution in [-0.4, -0.2) is 78.0 Å². The van der Waals surface area contributed by atoms with Crippen LogP contribution in [0.15, 0.2) is 30.3 Å². The molecule has 2 heterocycles. The van der Waals surface area contributed by atoms with E-state index in [-0.39, 0.29) is 24.9 Å².